The molecule has 8 heteroatoms. The number of carboxylic acids is 1. The van der Waals surface area contributed by atoms with E-state index >= 15 is 0 Å². The lowest BCUT2D eigenvalue weighted by Crippen LogP contribution is -2.57. The van der Waals surface area contributed by atoms with Gasteiger partial charge in [0.05, 0.1) is 5.71 Å². The highest BCUT2D eigenvalue weighted by atomic mass is 16.6. The molecule has 0 bridgehead atoms. The second kappa shape index (κ2) is 9.58. The van der Waals surface area contributed by atoms with Crippen LogP contribution in [0.2, 0.25) is 0 Å². The fraction of sp³-hybridized carbons (Fsp3) is 0.786. The van der Waals surface area contributed by atoms with Crippen molar-refractivity contribution in [2.24, 2.45) is 39.7 Å². The number of nitrogens with zero attached hydrogens (tertiary/aromatic N) is 1. The first-order valence-electron chi connectivity index (χ1n) is 13.5. The quantitative estimate of drug-likeness (QED) is 0.454. The van der Waals surface area contributed by atoms with Crippen molar-refractivity contribution in [3.05, 3.63) is 11.6 Å². The van der Waals surface area contributed by atoms with E-state index in [4.69, 9.17) is 4.84 Å². The van der Waals surface area contributed by atoms with Gasteiger partial charge in [-0.1, -0.05) is 38.4 Å². The van der Waals surface area contributed by atoms with Crippen LogP contribution in [-0.4, -0.2) is 51.8 Å². The molecule has 0 heterocycles. The fourth-order valence-corrected chi connectivity index (χ4v) is 8.14. The Kier molecular flexibility index (Phi) is 7.14. The molecule has 0 aromatic carbocycles. The number of oxime groups is 1. The number of hydrogen-bond acceptors (Lipinski definition) is 6. The number of fused-ring (bicyclic) bond motifs is 5. The summed E-state index contributed by atoms with van der Waals surface area (Å²) in [5, 5.41) is 27.2. The minimum atomic E-state index is -1.19. The fourth-order valence-electron chi connectivity index (χ4n) is 8.14. The molecule has 4 rings (SSSR count). The van der Waals surface area contributed by atoms with E-state index in [9.17, 15) is 24.6 Å². The molecule has 7 atom stereocenters. The van der Waals surface area contributed by atoms with E-state index in [1.165, 1.54) is 5.57 Å². The Balaban J connectivity index is 1.42. The third kappa shape index (κ3) is 4.29. The molecular formula is C28H42N2O6. The molecule has 3 N–H and O–H groups in total. The summed E-state index contributed by atoms with van der Waals surface area (Å²) in [6, 6.07) is -0.954. The lowest BCUT2D eigenvalue weighted by Gasteiger charge is -2.59. The first kappa shape index (κ1) is 26.8. The van der Waals surface area contributed by atoms with Crippen molar-refractivity contribution < 1.29 is 29.4 Å². The number of amides is 1. The molecule has 0 radical (unpaired) electrons. The second-order valence-electron chi connectivity index (χ2n) is 12.4. The van der Waals surface area contributed by atoms with Crippen LogP contribution in [0.1, 0.15) is 86.0 Å². The summed E-state index contributed by atoms with van der Waals surface area (Å²) in [5.41, 5.74) is 0.761. The van der Waals surface area contributed by atoms with Crippen LogP contribution >= 0.6 is 0 Å². The Labute approximate surface area is 213 Å². The van der Waals surface area contributed by atoms with Gasteiger partial charge in [0.15, 0.2) is 12.4 Å². The van der Waals surface area contributed by atoms with Crippen LogP contribution in [0.15, 0.2) is 16.8 Å². The molecule has 0 unspecified atom stereocenters. The highest BCUT2D eigenvalue weighted by Gasteiger charge is 2.65. The number of carboxylic acid groups (broad SMARTS) is 1. The van der Waals surface area contributed by atoms with E-state index in [1.807, 2.05) is 0 Å². The third-order valence-corrected chi connectivity index (χ3v) is 10.3. The molecule has 8 nitrogen and oxygen atoms in total. The largest absolute Gasteiger partial charge is 0.480 e. The number of allylic oxidation sites excluding steroid dienone is 2. The Morgan fingerprint density at radius 3 is 2.44 bits per heavy atom. The zero-order valence-corrected chi connectivity index (χ0v) is 22.3. The molecule has 4 aliphatic carbocycles. The molecule has 4 aliphatic rings. The van der Waals surface area contributed by atoms with Gasteiger partial charge in [-0.15, -0.1) is 0 Å². The standard InChI is InChI=1S/C28H42N2O6/c1-16(2)24(25(33)34)29-23(32)15-36-30-19-8-11-26(4)18(14-19)6-7-20-21(26)9-12-27(5)22(20)10-13-28(27,35)17(3)31/h14,16,20-22,24,35H,6-13,15H2,1-5H3,(H,29,32)(H,33,34)/b30-19-/t20-,21+,22+,24+,26-,27-,28+/m0/s1. The van der Waals surface area contributed by atoms with Gasteiger partial charge in [0.2, 0.25) is 0 Å². The van der Waals surface area contributed by atoms with Gasteiger partial charge in [-0.2, -0.15) is 0 Å². The van der Waals surface area contributed by atoms with Gasteiger partial charge in [0, 0.05) is 5.41 Å². The Morgan fingerprint density at radius 1 is 1.11 bits per heavy atom. The first-order chi connectivity index (χ1) is 16.8. The lowest BCUT2D eigenvalue weighted by atomic mass is 9.46. The van der Waals surface area contributed by atoms with Gasteiger partial charge in [-0.3, -0.25) is 9.59 Å². The summed E-state index contributed by atoms with van der Waals surface area (Å²) in [5.74, 6) is -0.455. The normalized spacial score (nSPS) is 39.5. The Hall–Kier alpha value is -2.22. The molecule has 0 aliphatic heterocycles. The number of carbonyl (C=O) groups is 3. The van der Waals surface area contributed by atoms with Crippen molar-refractivity contribution in [3.63, 3.8) is 0 Å². The van der Waals surface area contributed by atoms with Crippen LogP contribution in [0.25, 0.3) is 0 Å². The van der Waals surface area contributed by atoms with Gasteiger partial charge < -0.3 is 20.4 Å². The van der Waals surface area contributed by atoms with E-state index in [0.717, 1.165) is 50.7 Å². The predicted octanol–water partition coefficient (Wildman–Crippen LogP) is 3.87. The van der Waals surface area contributed by atoms with Crippen molar-refractivity contribution >= 4 is 23.4 Å². The number of hydrogen-bond donors (Lipinski definition) is 3. The zero-order valence-electron chi connectivity index (χ0n) is 22.3. The maximum Gasteiger partial charge on any atom is 0.326 e. The monoisotopic (exact) mass is 502 g/mol. The summed E-state index contributed by atoms with van der Waals surface area (Å²) in [4.78, 5) is 41.1. The smallest absolute Gasteiger partial charge is 0.326 e. The number of aliphatic hydroxyl groups is 1. The van der Waals surface area contributed by atoms with Crippen molar-refractivity contribution in [1.29, 1.82) is 0 Å². The van der Waals surface area contributed by atoms with Crippen molar-refractivity contribution in [2.45, 2.75) is 97.6 Å². The molecule has 0 saturated heterocycles. The van der Waals surface area contributed by atoms with Crippen LogP contribution in [0.4, 0.5) is 0 Å². The highest BCUT2D eigenvalue weighted by Crippen LogP contribution is 2.67. The predicted molar refractivity (Wildman–Crippen MR) is 135 cm³/mol. The van der Waals surface area contributed by atoms with Crippen LogP contribution in [-0.2, 0) is 19.2 Å². The van der Waals surface area contributed by atoms with Gasteiger partial charge >= 0.3 is 5.97 Å². The van der Waals surface area contributed by atoms with E-state index < -0.39 is 23.5 Å². The molecule has 3 fully saturated rings. The molecule has 3 saturated carbocycles. The number of ketones is 1. The molecule has 0 aromatic heterocycles. The average molecular weight is 503 g/mol. The molecule has 0 aromatic rings. The number of rotatable bonds is 7. The molecular weight excluding hydrogens is 460 g/mol. The van der Waals surface area contributed by atoms with Crippen LogP contribution < -0.4 is 5.32 Å². The van der Waals surface area contributed by atoms with Crippen molar-refractivity contribution in [3.8, 4) is 0 Å². The van der Waals surface area contributed by atoms with Gasteiger partial charge in [-0.25, -0.2) is 4.79 Å². The number of carbonyl (C=O) groups excluding carboxylic acids is 2. The van der Waals surface area contributed by atoms with Crippen LogP contribution in [0.5, 0.6) is 0 Å². The Morgan fingerprint density at radius 2 is 1.81 bits per heavy atom. The minimum absolute atomic E-state index is 0.0730. The number of Topliss-reactive ketones (excluding diaryl/α,β-unsaturated/α-hetero) is 1. The summed E-state index contributed by atoms with van der Waals surface area (Å²) >= 11 is 0. The summed E-state index contributed by atoms with van der Waals surface area (Å²) < 4.78 is 0. The van der Waals surface area contributed by atoms with Gasteiger partial charge in [-0.05, 0) is 93.5 Å². The Bertz CT molecular complexity index is 989. The number of nitrogens with one attached hydrogen (secondary N) is 1. The topological polar surface area (TPSA) is 125 Å². The summed E-state index contributed by atoms with van der Waals surface area (Å²) in [7, 11) is 0. The van der Waals surface area contributed by atoms with E-state index in [1.54, 1.807) is 20.8 Å². The lowest BCUT2D eigenvalue weighted by molar-refractivity contribution is -0.159. The van der Waals surface area contributed by atoms with E-state index in [2.05, 4.69) is 30.4 Å². The van der Waals surface area contributed by atoms with Gasteiger partial charge in [0.25, 0.3) is 5.91 Å². The first-order valence-corrected chi connectivity index (χ1v) is 13.5. The minimum Gasteiger partial charge on any atom is -0.480 e. The second-order valence-corrected chi connectivity index (χ2v) is 12.4. The summed E-state index contributed by atoms with van der Waals surface area (Å²) in [6.45, 7) is 9.23. The zero-order chi connectivity index (χ0) is 26.5. The highest BCUT2D eigenvalue weighted by molar-refractivity contribution is 5.96. The van der Waals surface area contributed by atoms with E-state index in [-0.39, 0.29) is 29.1 Å². The average Bonchev–Trinajstić information content (AvgIpc) is 3.09. The van der Waals surface area contributed by atoms with Crippen molar-refractivity contribution in [1.82, 2.24) is 5.32 Å². The molecule has 1 amide bonds. The third-order valence-electron chi connectivity index (χ3n) is 10.3. The SMILES string of the molecule is CC(=O)[C@]1(O)CC[C@@H]2[C@H]3CCC4=C/C(=N\OCC(=O)N[C@@H](C(=O)O)C(C)C)CC[C@]4(C)[C@@H]3CC[C@@]21C. The summed E-state index contributed by atoms with van der Waals surface area (Å²) in [6.07, 6.45) is 9.29. The van der Waals surface area contributed by atoms with E-state index in [0.29, 0.717) is 24.2 Å². The maximum absolute atomic E-state index is 12.4. The van der Waals surface area contributed by atoms with Crippen LogP contribution in [0, 0.1) is 34.5 Å². The molecule has 0 spiro atoms. The maximum atomic E-state index is 12.4. The number of aliphatic carboxylic acids is 1. The van der Waals surface area contributed by atoms with Gasteiger partial charge in [0.1, 0.15) is 11.6 Å². The molecule has 200 valence electrons. The van der Waals surface area contributed by atoms with Crippen molar-refractivity contribution in [2.75, 3.05) is 6.61 Å². The molecule has 36 heavy (non-hydrogen) atoms. The van der Waals surface area contributed by atoms with Crippen LogP contribution in [0.3, 0.4) is 0 Å².